The van der Waals surface area contributed by atoms with Crippen molar-refractivity contribution in [2.45, 2.75) is 19.2 Å². The minimum absolute atomic E-state index is 0.0187. The molecule has 0 aliphatic carbocycles. The number of amides is 1. The van der Waals surface area contributed by atoms with Gasteiger partial charge in [0.2, 0.25) is 5.91 Å². The number of carbonyl (C=O) groups is 1. The Labute approximate surface area is 212 Å². The predicted molar refractivity (Wildman–Crippen MR) is 128 cm³/mol. The Morgan fingerprint density at radius 3 is 2.76 bits per heavy atom. The van der Waals surface area contributed by atoms with Crippen LogP contribution in [0.5, 0.6) is 0 Å². The van der Waals surface area contributed by atoms with Gasteiger partial charge in [0.25, 0.3) is 0 Å². The van der Waals surface area contributed by atoms with E-state index in [-0.39, 0.29) is 23.7 Å². The van der Waals surface area contributed by atoms with Crippen LogP contribution in [0.2, 0.25) is 5.02 Å². The largest absolute Gasteiger partial charge is 0.436 e. The van der Waals surface area contributed by atoms with E-state index in [4.69, 9.17) is 16.7 Å². The number of hydrogen-bond acceptors (Lipinski definition) is 8. The van der Waals surface area contributed by atoms with Crippen LogP contribution in [0.3, 0.4) is 0 Å². The van der Waals surface area contributed by atoms with Gasteiger partial charge in [-0.05, 0) is 30.7 Å². The molecule has 0 radical (unpaired) electrons. The Morgan fingerprint density at radius 1 is 1.32 bits per heavy atom. The van der Waals surface area contributed by atoms with Crippen molar-refractivity contribution in [3.8, 4) is 17.2 Å². The lowest BCUT2D eigenvalue weighted by Gasteiger charge is -2.17. The van der Waals surface area contributed by atoms with E-state index in [1.165, 1.54) is 12.3 Å². The molecule has 1 amide bonds. The topological polar surface area (TPSA) is 148 Å². The molecule has 4 N–H and O–H groups in total. The summed E-state index contributed by atoms with van der Waals surface area (Å²) in [6.45, 7) is 0.331. The molecule has 14 heteroatoms. The Balaban J connectivity index is 1.93. The molecule has 0 fully saturated rings. The number of anilines is 1. The highest BCUT2D eigenvalue weighted by Gasteiger charge is 2.39. The summed E-state index contributed by atoms with van der Waals surface area (Å²) in [5.41, 5.74) is -0.882. The molecule has 37 heavy (non-hydrogen) atoms. The number of nitriles is 1. The summed E-state index contributed by atoms with van der Waals surface area (Å²) in [5.74, 6) is -0.633. The Morgan fingerprint density at radius 2 is 2.08 bits per heavy atom. The average Bonchev–Trinajstić information content (AvgIpc) is 3.23. The Bertz CT molecular complexity index is 1550. The van der Waals surface area contributed by atoms with Crippen LogP contribution in [-0.2, 0) is 11.0 Å². The molecule has 4 rings (SSSR count). The van der Waals surface area contributed by atoms with E-state index in [1.54, 1.807) is 31.2 Å². The minimum Gasteiger partial charge on any atom is -0.394 e. The van der Waals surface area contributed by atoms with Gasteiger partial charge < -0.3 is 20.8 Å². The van der Waals surface area contributed by atoms with Crippen LogP contribution in [0.1, 0.15) is 17.0 Å². The van der Waals surface area contributed by atoms with Crippen molar-refractivity contribution in [1.29, 1.82) is 5.26 Å². The van der Waals surface area contributed by atoms with E-state index >= 15 is 0 Å². The molecule has 0 bridgehead atoms. The van der Waals surface area contributed by atoms with Crippen molar-refractivity contribution in [2.75, 3.05) is 25.0 Å². The van der Waals surface area contributed by atoms with Crippen molar-refractivity contribution in [3.63, 3.8) is 0 Å². The first-order valence-corrected chi connectivity index (χ1v) is 11.2. The van der Waals surface area contributed by atoms with Gasteiger partial charge in [-0.1, -0.05) is 17.7 Å². The van der Waals surface area contributed by atoms with E-state index in [2.05, 4.69) is 25.7 Å². The van der Waals surface area contributed by atoms with Gasteiger partial charge >= 0.3 is 6.18 Å². The fraction of sp³-hybridized carbons (Fsp3) is 0.261. The number of halogens is 4. The third kappa shape index (κ3) is 5.12. The van der Waals surface area contributed by atoms with Crippen LogP contribution in [0, 0.1) is 18.3 Å². The van der Waals surface area contributed by atoms with E-state index in [9.17, 15) is 28.3 Å². The maximum absolute atomic E-state index is 13.7. The molecule has 0 aliphatic rings. The van der Waals surface area contributed by atoms with E-state index in [0.717, 1.165) is 4.52 Å². The van der Waals surface area contributed by atoms with Crippen LogP contribution in [0.4, 0.5) is 19.0 Å². The molecule has 0 saturated heterocycles. The summed E-state index contributed by atoms with van der Waals surface area (Å²) in [4.78, 5) is 20.9. The first-order valence-electron chi connectivity index (χ1n) is 10.8. The van der Waals surface area contributed by atoms with Gasteiger partial charge in [0.1, 0.15) is 17.5 Å². The standard InChI is InChI=1S/C23H19ClF3N7O3/c1-11-19(15-4-5-29-17-6-12(24)2-3-14(15)17)22(31-9-18(37)30-8-13(36)10-35)34-21(32-11)16(7-28)20(33-34)23(25,26)27/h2-6,13,31,35-36H,8-10H2,1H3,(H,30,37)/t13-/m0/s1. The summed E-state index contributed by atoms with van der Waals surface area (Å²) in [6, 6.07) is 8.11. The average molecular weight is 534 g/mol. The minimum atomic E-state index is -4.93. The third-order valence-corrected chi connectivity index (χ3v) is 5.70. The summed E-state index contributed by atoms with van der Waals surface area (Å²) in [5, 5.41) is 37.8. The van der Waals surface area contributed by atoms with Gasteiger partial charge in [-0.2, -0.15) is 28.0 Å². The van der Waals surface area contributed by atoms with Crippen molar-refractivity contribution in [2.24, 2.45) is 0 Å². The lowest BCUT2D eigenvalue weighted by atomic mass is 10.00. The highest BCUT2D eigenvalue weighted by Crippen LogP contribution is 2.39. The second kappa shape index (κ2) is 10.2. The molecule has 4 aromatic rings. The third-order valence-electron chi connectivity index (χ3n) is 5.46. The lowest BCUT2D eigenvalue weighted by molar-refractivity contribution is -0.141. The number of pyridine rings is 1. The molecular weight excluding hydrogens is 515 g/mol. The number of fused-ring (bicyclic) bond motifs is 2. The number of hydrogen-bond donors (Lipinski definition) is 4. The molecular formula is C23H19ClF3N7O3. The van der Waals surface area contributed by atoms with Crippen LogP contribution in [0.25, 0.3) is 27.7 Å². The first-order chi connectivity index (χ1) is 17.5. The summed E-state index contributed by atoms with van der Waals surface area (Å²) in [7, 11) is 0. The SMILES string of the molecule is Cc1nc2c(C#N)c(C(F)(F)F)nn2c(NCC(=O)NC[C@H](O)CO)c1-c1ccnc2cc(Cl)ccc12. The van der Waals surface area contributed by atoms with Gasteiger partial charge in [0.15, 0.2) is 11.3 Å². The highest BCUT2D eigenvalue weighted by atomic mass is 35.5. The zero-order valence-electron chi connectivity index (χ0n) is 19.1. The van der Waals surface area contributed by atoms with Crippen LogP contribution < -0.4 is 10.6 Å². The lowest BCUT2D eigenvalue weighted by Crippen LogP contribution is -2.37. The maximum Gasteiger partial charge on any atom is 0.436 e. The number of carbonyl (C=O) groups excluding carboxylic acids is 1. The second-order valence-electron chi connectivity index (χ2n) is 8.00. The number of nitrogens with one attached hydrogen (secondary N) is 2. The van der Waals surface area contributed by atoms with E-state index < -0.39 is 42.6 Å². The molecule has 0 spiro atoms. The number of aromatic nitrogens is 4. The molecule has 192 valence electrons. The number of rotatable bonds is 7. The van der Waals surface area contributed by atoms with Gasteiger partial charge in [0.05, 0.1) is 30.5 Å². The van der Waals surface area contributed by atoms with E-state index in [1.807, 2.05) is 0 Å². The Kier molecular flexibility index (Phi) is 7.17. The number of nitrogens with zero attached hydrogens (tertiary/aromatic N) is 5. The number of benzene rings is 1. The number of aliphatic hydroxyl groups is 2. The number of aryl methyl sites for hydroxylation is 1. The van der Waals surface area contributed by atoms with Gasteiger partial charge in [-0.15, -0.1) is 0 Å². The van der Waals surface area contributed by atoms with Crippen molar-refractivity contribution in [3.05, 3.63) is 52.4 Å². The quantitative estimate of drug-likeness (QED) is 0.283. The van der Waals surface area contributed by atoms with Crippen LogP contribution in [0.15, 0.2) is 30.5 Å². The van der Waals surface area contributed by atoms with Gasteiger partial charge in [0, 0.05) is 28.7 Å². The Hall–Kier alpha value is -3.99. The predicted octanol–water partition coefficient (Wildman–Crippen LogP) is 2.68. The highest BCUT2D eigenvalue weighted by molar-refractivity contribution is 6.31. The molecule has 1 aromatic carbocycles. The zero-order chi connectivity index (χ0) is 26.9. The first kappa shape index (κ1) is 26.1. The fourth-order valence-corrected chi connectivity index (χ4v) is 3.98. The molecule has 0 aliphatic heterocycles. The molecule has 3 heterocycles. The number of aliphatic hydroxyl groups excluding tert-OH is 2. The fourth-order valence-electron chi connectivity index (χ4n) is 3.81. The normalized spacial score (nSPS) is 12.5. The number of alkyl halides is 3. The summed E-state index contributed by atoms with van der Waals surface area (Å²) >= 11 is 6.09. The molecule has 10 nitrogen and oxygen atoms in total. The molecule has 3 aromatic heterocycles. The van der Waals surface area contributed by atoms with Gasteiger partial charge in [-0.3, -0.25) is 9.78 Å². The van der Waals surface area contributed by atoms with Crippen molar-refractivity contribution < 1.29 is 28.2 Å². The zero-order valence-corrected chi connectivity index (χ0v) is 19.9. The molecule has 0 unspecified atom stereocenters. The van der Waals surface area contributed by atoms with Crippen molar-refractivity contribution in [1.82, 2.24) is 24.9 Å². The summed E-state index contributed by atoms with van der Waals surface area (Å²) in [6.07, 6.45) is -4.61. The van der Waals surface area contributed by atoms with Crippen LogP contribution in [-0.4, -0.2) is 61.5 Å². The molecule has 0 saturated carbocycles. The maximum atomic E-state index is 13.7. The van der Waals surface area contributed by atoms with E-state index in [0.29, 0.717) is 27.1 Å². The summed E-state index contributed by atoms with van der Waals surface area (Å²) < 4.78 is 41.9. The monoisotopic (exact) mass is 533 g/mol. The molecule has 1 atom stereocenters. The smallest absolute Gasteiger partial charge is 0.394 e. The van der Waals surface area contributed by atoms with Crippen molar-refractivity contribution >= 4 is 39.9 Å². The second-order valence-corrected chi connectivity index (χ2v) is 8.44. The van der Waals surface area contributed by atoms with Gasteiger partial charge in [-0.25, -0.2) is 4.98 Å². The van der Waals surface area contributed by atoms with Crippen LogP contribution >= 0.6 is 11.6 Å².